The van der Waals surface area contributed by atoms with Crippen molar-refractivity contribution in [3.05, 3.63) is 86.9 Å². The predicted octanol–water partition coefficient (Wildman–Crippen LogP) is 7.69. The molecule has 0 radical (unpaired) electrons. The van der Waals surface area contributed by atoms with Crippen LogP contribution in [0.5, 0.6) is 5.75 Å². The lowest BCUT2D eigenvalue weighted by Gasteiger charge is -2.32. The molecule has 1 aliphatic heterocycles. The van der Waals surface area contributed by atoms with Crippen molar-refractivity contribution >= 4 is 17.6 Å². The van der Waals surface area contributed by atoms with Crippen molar-refractivity contribution in [3.8, 4) is 16.9 Å². The Labute approximate surface area is 249 Å². The number of hydrogen-bond donors (Lipinski definition) is 0. The third-order valence-corrected chi connectivity index (χ3v) is 8.80. The predicted molar refractivity (Wildman–Crippen MR) is 164 cm³/mol. The van der Waals surface area contributed by atoms with Gasteiger partial charge >= 0.3 is 5.97 Å². The van der Waals surface area contributed by atoms with Gasteiger partial charge in [-0.3, -0.25) is 9.69 Å². The Balaban J connectivity index is 1.27. The van der Waals surface area contributed by atoms with E-state index in [2.05, 4.69) is 48.2 Å². The van der Waals surface area contributed by atoms with Crippen LogP contribution in [0.15, 0.2) is 48.5 Å². The lowest BCUT2D eigenvalue weighted by Crippen LogP contribution is -2.38. The number of aryl methyl sites for hydroxylation is 1. The van der Waals surface area contributed by atoms with Gasteiger partial charge in [0.25, 0.3) is 0 Å². The van der Waals surface area contributed by atoms with Gasteiger partial charge in [-0.05, 0) is 95.7 Å². The molecule has 5 nitrogen and oxygen atoms in total. The number of halogens is 1. The molecule has 6 heteroatoms. The van der Waals surface area contributed by atoms with E-state index >= 15 is 0 Å². The molecule has 1 fully saturated rings. The van der Waals surface area contributed by atoms with Gasteiger partial charge in [-0.15, -0.1) is 0 Å². The summed E-state index contributed by atoms with van der Waals surface area (Å²) in [7, 11) is 1.71. The van der Waals surface area contributed by atoms with Crippen molar-refractivity contribution in [1.29, 1.82) is 0 Å². The minimum absolute atomic E-state index is 0.00345. The van der Waals surface area contributed by atoms with E-state index in [4.69, 9.17) is 25.8 Å². The Kier molecular flexibility index (Phi) is 9.69. The second kappa shape index (κ2) is 13.4. The van der Waals surface area contributed by atoms with Gasteiger partial charge in [0.2, 0.25) is 0 Å². The van der Waals surface area contributed by atoms with Crippen LogP contribution < -0.4 is 4.74 Å². The Bertz CT molecular complexity index is 1380. The molecule has 0 aromatic heterocycles. The molecule has 0 spiro atoms. The van der Waals surface area contributed by atoms with E-state index in [9.17, 15) is 4.79 Å². The van der Waals surface area contributed by atoms with Crippen LogP contribution in [-0.2, 0) is 46.9 Å². The SMILES string of the molecule is COCc1cc(OCc2cccc(-c3cccc4c3CCC4)c2C)c(Cl)cc1CN1CCC(OC(=O)C(C)C)CC1. The minimum Gasteiger partial charge on any atom is -0.487 e. The standard InChI is InChI=1S/C35H42ClNO4/c1-23(2)35(38)41-29-14-16-37(17-15-29)20-27-18-33(36)34(19-28(27)21-39-4)40-22-26-10-7-11-30(24(26)3)32-13-6-9-25-8-5-12-31(25)32/h6-7,9-11,13,18-19,23,29H,5,8,12,14-17,20-22H2,1-4H3. The topological polar surface area (TPSA) is 48.0 Å². The van der Waals surface area contributed by atoms with Gasteiger partial charge < -0.3 is 14.2 Å². The van der Waals surface area contributed by atoms with Crippen LogP contribution in [0.4, 0.5) is 0 Å². The summed E-state index contributed by atoms with van der Waals surface area (Å²) >= 11 is 6.78. The molecule has 3 aromatic rings. The average molecular weight is 576 g/mol. The van der Waals surface area contributed by atoms with Crippen LogP contribution in [0.25, 0.3) is 11.1 Å². The summed E-state index contributed by atoms with van der Waals surface area (Å²) in [6, 6.07) is 17.3. The van der Waals surface area contributed by atoms with Crippen LogP contribution >= 0.6 is 11.6 Å². The summed E-state index contributed by atoms with van der Waals surface area (Å²) in [5.74, 6) is 0.468. The summed E-state index contributed by atoms with van der Waals surface area (Å²) in [6.45, 7) is 9.39. The average Bonchev–Trinajstić information content (AvgIpc) is 3.45. The second-order valence-corrected chi connectivity index (χ2v) is 12.1. The molecule has 1 saturated heterocycles. The molecule has 218 valence electrons. The van der Waals surface area contributed by atoms with Gasteiger partial charge in [-0.25, -0.2) is 0 Å². The number of methoxy groups -OCH3 is 1. The van der Waals surface area contributed by atoms with E-state index < -0.39 is 0 Å². The molecule has 0 amide bonds. The molecule has 1 aliphatic carbocycles. The number of carbonyl (C=O) groups excluding carboxylic acids is 1. The highest BCUT2D eigenvalue weighted by Gasteiger charge is 2.24. The maximum absolute atomic E-state index is 12.0. The van der Waals surface area contributed by atoms with Crippen molar-refractivity contribution in [2.45, 2.75) is 78.7 Å². The summed E-state index contributed by atoms with van der Waals surface area (Å²) in [5.41, 5.74) is 10.2. The molecule has 0 atom stereocenters. The fourth-order valence-corrected chi connectivity index (χ4v) is 6.31. The molecule has 3 aromatic carbocycles. The van der Waals surface area contributed by atoms with E-state index in [0.29, 0.717) is 24.0 Å². The Hall–Kier alpha value is -2.86. The number of esters is 1. The van der Waals surface area contributed by atoms with Crippen LogP contribution in [0.1, 0.15) is 66.5 Å². The molecule has 0 N–H and O–H groups in total. The van der Waals surface area contributed by atoms with Gasteiger partial charge in [0.05, 0.1) is 17.5 Å². The number of rotatable bonds is 10. The van der Waals surface area contributed by atoms with E-state index in [1.807, 2.05) is 26.0 Å². The first-order valence-electron chi connectivity index (χ1n) is 14.9. The maximum atomic E-state index is 12.0. The second-order valence-electron chi connectivity index (χ2n) is 11.7. The number of ether oxygens (including phenoxy) is 3. The zero-order valence-electron chi connectivity index (χ0n) is 24.8. The van der Waals surface area contributed by atoms with E-state index in [1.54, 1.807) is 7.11 Å². The summed E-state index contributed by atoms with van der Waals surface area (Å²) < 4.78 is 17.5. The van der Waals surface area contributed by atoms with E-state index in [-0.39, 0.29) is 18.0 Å². The lowest BCUT2D eigenvalue weighted by atomic mass is 9.92. The largest absolute Gasteiger partial charge is 0.487 e. The molecule has 2 aliphatic rings. The third kappa shape index (κ3) is 6.97. The van der Waals surface area contributed by atoms with Crippen LogP contribution in [-0.4, -0.2) is 37.2 Å². The van der Waals surface area contributed by atoms with Crippen molar-refractivity contribution in [2.24, 2.45) is 5.92 Å². The molecule has 0 bridgehead atoms. The molecular formula is C35H42ClNO4. The highest BCUT2D eigenvalue weighted by atomic mass is 35.5. The van der Waals surface area contributed by atoms with Crippen LogP contribution in [0, 0.1) is 12.8 Å². The summed E-state index contributed by atoms with van der Waals surface area (Å²) in [4.78, 5) is 14.4. The molecule has 41 heavy (non-hydrogen) atoms. The Morgan fingerprint density at radius 1 is 0.976 bits per heavy atom. The number of piperidine rings is 1. The first-order chi connectivity index (χ1) is 19.8. The lowest BCUT2D eigenvalue weighted by molar-refractivity contribution is -0.155. The van der Waals surface area contributed by atoms with Crippen molar-refractivity contribution < 1.29 is 19.0 Å². The first-order valence-corrected chi connectivity index (χ1v) is 15.3. The van der Waals surface area contributed by atoms with Crippen molar-refractivity contribution in [2.75, 3.05) is 20.2 Å². The van der Waals surface area contributed by atoms with Gasteiger partial charge in [-0.1, -0.05) is 61.8 Å². The van der Waals surface area contributed by atoms with E-state index in [0.717, 1.165) is 55.6 Å². The van der Waals surface area contributed by atoms with Crippen molar-refractivity contribution in [3.63, 3.8) is 0 Å². The fourth-order valence-electron chi connectivity index (χ4n) is 6.07. The highest BCUT2D eigenvalue weighted by Crippen LogP contribution is 2.36. The number of nitrogens with zero attached hydrogens (tertiary/aromatic N) is 1. The van der Waals surface area contributed by atoms with Crippen molar-refractivity contribution in [1.82, 2.24) is 4.90 Å². The monoisotopic (exact) mass is 575 g/mol. The quantitative estimate of drug-likeness (QED) is 0.232. The Morgan fingerprint density at radius 3 is 2.49 bits per heavy atom. The molecule has 0 saturated carbocycles. The third-order valence-electron chi connectivity index (χ3n) is 8.50. The van der Waals surface area contributed by atoms with Gasteiger partial charge in [0, 0.05) is 26.7 Å². The number of carbonyl (C=O) groups is 1. The number of hydrogen-bond acceptors (Lipinski definition) is 5. The zero-order valence-corrected chi connectivity index (χ0v) is 25.6. The first kappa shape index (κ1) is 29.6. The normalized spacial score (nSPS) is 15.8. The summed E-state index contributed by atoms with van der Waals surface area (Å²) in [6.07, 6.45) is 5.26. The van der Waals surface area contributed by atoms with Gasteiger partial charge in [-0.2, -0.15) is 0 Å². The number of fused-ring (bicyclic) bond motifs is 1. The number of likely N-dealkylation sites (tertiary alicyclic amines) is 1. The Morgan fingerprint density at radius 2 is 1.73 bits per heavy atom. The van der Waals surface area contributed by atoms with E-state index in [1.165, 1.54) is 40.7 Å². The maximum Gasteiger partial charge on any atom is 0.308 e. The molecule has 1 heterocycles. The molecular weight excluding hydrogens is 534 g/mol. The highest BCUT2D eigenvalue weighted by molar-refractivity contribution is 6.32. The van der Waals surface area contributed by atoms with Crippen LogP contribution in [0.2, 0.25) is 5.02 Å². The number of benzene rings is 3. The van der Waals surface area contributed by atoms with Gasteiger partial charge in [0.15, 0.2) is 0 Å². The minimum atomic E-state index is -0.112. The smallest absolute Gasteiger partial charge is 0.308 e. The molecule has 5 rings (SSSR count). The zero-order chi connectivity index (χ0) is 28.9. The fraction of sp³-hybridized carbons (Fsp3) is 0.457. The van der Waals surface area contributed by atoms with Crippen LogP contribution in [0.3, 0.4) is 0 Å². The summed E-state index contributed by atoms with van der Waals surface area (Å²) in [5, 5.41) is 0.607. The van der Waals surface area contributed by atoms with Gasteiger partial charge in [0.1, 0.15) is 18.5 Å². The molecule has 0 unspecified atom stereocenters.